The molecule has 0 spiro atoms. The van der Waals surface area contributed by atoms with Gasteiger partial charge in [0.05, 0.1) is 38.0 Å². The van der Waals surface area contributed by atoms with Crippen molar-refractivity contribution in [2.75, 3.05) is 19.6 Å². The average Bonchev–Trinajstić information content (AvgIpc) is 2.75. The fraction of sp³-hybridized carbons (Fsp3) is 0.636. The second-order valence-corrected chi connectivity index (χ2v) is 10.4. The van der Waals surface area contributed by atoms with Gasteiger partial charge in [-0.3, -0.25) is 38.2 Å². The minimum Gasteiger partial charge on any atom is -0.480 e. The van der Waals surface area contributed by atoms with Crippen molar-refractivity contribution in [3.63, 3.8) is 0 Å². The Kier molecular flexibility index (Phi) is 13.9. The Morgan fingerprint density at radius 3 is 2.05 bits per heavy atom. The number of hydrogen-bond acceptors (Lipinski definition) is 9. The van der Waals surface area contributed by atoms with Gasteiger partial charge in [0.15, 0.2) is 0 Å². The molecule has 1 aromatic heterocycles. The van der Waals surface area contributed by atoms with Crippen molar-refractivity contribution in [2.24, 2.45) is 0 Å². The van der Waals surface area contributed by atoms with E-state index in [4.69, 9.17) is 9.05 Å². The van der Waals surface area contributed by atoms with Crippen LogP contribution in [0.1, 0.15) is 50.8 Å². The molecule has 1 radical (unpaired) electrons. The van der Waals surface area contributed by atoms with Crippen molar-refractivity contribution in [1.29, 1.82) is 0 Å². The van der Waals surface area contributed by atoms with Crippen molar-refractivity contribution in [2.45, 2.75) is 70.9 Å². The van der Waals surface area contributed by atoms with Crippen LogP contribution >= 0.6 is 7.82 Å². The maximum Gasteiger partial charge on any atom is 2.00 e. The number of hydrogen-bond donors (Lipinski definition) is 4. The average molecular weight is 586 g/mol. The summed E-state index contributed by atoms with van der Waals surface area (Å²) in [6, 6.07) is 2.33. The summed E-state index contributed by atoms with van der Waals surface area (Å²) in [7, 11) is -4.25. The van der Waals surface area contributed by atoms with E-state index < -0.39 is 57.0 Å². The van der Waals surface area contributed by atoms with E-state index in [-0.39, 0.29) is 36.8 Å². The first-order valence-electron chi connectivity index (χ1n) is 11.6. The second kappa shape index (κ2) is 15.5. The Morgan fingerprint density at radius 2 is 1.54 bits per heavy atom. The van der Waals surface area contributed by atoms with Gasteiger partial charge in [0.25, 0.3) is 0 Å². The fourth-order valence-corrected chi connectivity index (χ4v) is 5.32. The van der Waals surface area contributed by atoms with Crippen molar-refractivity contribution >= 4 is 25.7 Å². The molecule has 15 heteroatoms. The number of rotatable bonds is 15. The Balaban J connectivity index is 0.00000684. The molecule has 0 aliphatic heterocycles. The van der Waals surface area contributed by atoms with Crippen molar-refractivity contribution in [3.8, 4) is 0 Å². The van der Waals surface area contributed by atoms with E-state index in [1.54, 1.807) is 30.9 Å². The number of nitrogens with zero attached hydrogens (tertiary/aromatic N) is 3. The molecule has 1 aliphatic carbocycles. The van der Waals surface area contributed by atoms with Gasteiger partial charge in [-0.1, -0.05) is 12.8 Å². The van der Waals surface area contributed by atoms with Crippen molar-refractivity contribution in [3.05, 3.63) is 29.6 Å². The van der Waals surface area contributed by atoms with Crippen LogP contribution in [0.5, 0.6) is 0 Å². The number of phosphoric acid groups is 1. The third-order valence-electron chi connectivity index (χ3n) is 5.63. The molecule has 2 unspecified atom stereocenters. The van der Waals surface area contributed by atoms with Crippen LogP contribution in [0.4, 0.5) is 0 Å². The molecule has 0 saturated heterocycles. The molecule has 4 N–H and O–H groups in total. The number of pyridine rings is 1. The summed E-state index contributed by atoms with van der Waals surface area (Å²) in [5.74, 6) is -3.42. The molecular weight excluding hydrogens is 552 g/mol. The van der Waals surface area contributed by atoms with Crippen molar-refractivity contribution in [1.82, 2.24) is 14.8 Å². The number of aromatic nitrogens is 1. The van der Waals surface area contributed by atoms with Crippen LogP contribution in [-0.4, -0.2) is 90.7 Å². The van der Waals surface area contributed by atoms with E-state index in [1.165, 1.54) is 11.1 Å². The molecule has 3 atom stereocenters. The summed E-state index contributed by atoms with van der Waals surface area (Å²) in [5.41, 5.74) is 0.998. The third-order valence-corrected chi connectivity index (χ3v) is 6.77. The minimum atomic E-state index is -4.25. The van der Waals surface area contributed by atoms with E-state index in [1.807, 2.05) is 0 Å². The van der Waals surface area contributed by atoms with Crippen LogP contribution in [-0.2, 0) is 58.2 Å². The van der Waals surface area contributed by atoms with Gasteiger partial charge >= 0.3 is 42.8 Å². The third kappa shape index (κ3) is 12.0. The maximum atomic E-state index is 12.0. The van der Waals surface area contributed by atoms with Crippen LogP contribution in [0.2, 0.25) is 0 Å². The van der Waals surface area contributed by atoms with Gasteiger partial charge < -0.3 is 20.2 Å². The Hall–Kier alpha value is -1.89. The first-order valence-corrected chi connectivity index (χ1v) is 13.1. The van der Waals surface area contributed by atoms with E-state index in [0.717, 1.165) is 12.8 Å². The standard InChI is InChI=1S/C22H34N3O10P.Mn/c1-15(2)35-36(32,33)34-14-16-7-8-23-17(9-16)10-24(11-20(26)27)18-5-3-4-6-19(18)25(12-21(28)29)13-22(30)31;/h7-9,15,18-19H,3-6,10-14H2,1-2H3,(H,26,27)(H,28,29)(H,30,31)(H,32,33);/q;+2/t18-,19?;/m0./s1. The molecule has 1 heterocycles. The van der Waals surface area contributed by atoms with Crippen LogP contribution in [0, 0.1) is 0 Å². The topological polar surface area (TPSA) is 187 Å². The van der Waals surface area contributed by atoms with Gasteiger partial charge in [-0.05, 0) is 44.4 Å². The summed E-state index contributed by atoms with van der Waals surface area (Å²) in [4.78, 5) is 51.6. The van der Waals surface area contributed by atoms with Gasteiger partial charge in [0.2, 0.25) is 0 Å². The van der Waals surface area contributed by atoms with Gasteiger partial charge in [-0.15, -0.1) is 0 Å². The molecule has 0 bridgehead atoms. The number of phosphoric ester groups is 1. The Bertz CT molecular complexity index is 950. The zero-order valence-electron chi connectivity index (χ0n) is 20.7. The molecule has 1 aromatic rings. The summed E-state index contributed by atoms with van der Waals surface area (Å²) < 4.78 is 21.9. The SMILES string of the molecule is CC(C)OP(=O)(O)OCc1ccnc(CN(CC(=O)O)[C@H]2CCCCC2N(CC(=O)O)CC(=O)O)c1.[Mn+2]. The predicted octanol–water partition coefficient (Wildman–Crippen LogP) is 1.79. The molecular formula is C22H34MnN3O10P+2. The van der Waals surface area contributed by atoms with Crippen LogP contribution in [0.25, 0.3) is 0 Å². The minimum absolute atomic E-state index is 0. The number of carboxylic acid groups (broad SMARTS) is 3. The molecule has 0 aromatic carbocycles. The zero-order valence-corrected chi connectivity index (χ0v) is 22.8. The van der Waals surface area contributed by atoms with E-state index in [9.17, 15) is 39.2 Å². The normalized spacial score (nSPS) is 19.4. The molecule has 207 valence electrons. The molecule has 1 fully saturated rings. The van der Waals surface area contributed by atoms with Crippen LogP contribution < -0.4 is 0 Å². The van der Waals surface area contributed by atoms with Gasteiger partial charge in [-0.25, -0.2) is 4.57 Å². The summed E-state index contributed by atoms with van der Waals surface area (Å²) in [6.07, 6.45) is 3.61. The second-order valence-electron chi connectivity index (χ2n) is 8.96. The number of carbonyl (C=O) groups is 3. The van der Waals surface area contributed by atoms with Gasteiger partial charge in [0, 0.05) is 24.8 Å². The first kappa shape index (κ1) is 33.1. The molecule has 13 nitrogen and oxygen atoms in total. The fourth-order valence-electron chi connectivity index (χ4n) is 4.41. The van der Waals surface area contributed by atoms with Crippen molar-refractivity contribution < 1.29 is 65.3 Å². The van der Waals surface area contributed by atoms with Crippen LogP contribution in [0.3, 0.4) is 0 Å². The summed E-state index contributed by atoms with van der Waals surface area (Å²) in [5, 5.41) is 28.2. The Morgan fingerprint density at radius 1 is 1.03 bits per heavy atom. The molecule has 1 saturated carbocycles. The van der Waals surface area contributed by atoms with E-state index >= 15 is 0 Å². The molecule has 37 heavy (non-hydrogen) atoms. The van der Waals surface area contributed by atoms with Gasteiger partial charge in [0.1, 0.15) is 0 Å². The van der Waals surface area contributed by atoms with E-state index in [2.05, 4.69) is 4.98 Å². The van der Waals surface area contributed by atoms with E-state index in [0.29, 0.717) is 24.1 Å². The Labute approximate surface area is 225 Å². The molecule has 2 rings (SSSR count). The number of aliphatic carboxylic acids is 3. The van der Waals surface area contributed by atoms with Crippen LogP contribution in [0.15, 0.2) is 18.3 Å². The smallest absolute Gasteiger partial charge is 0.480 e. The maximum absolute atomic E-state index is 12.0. The monoisotopic (exact) mass is 586 g/mol. The van der Waals surface area contributed by atoms with Gasteiger partial charge in [-0.2, -0.15) is 0 Å². The predicted molar refractivity (Wildman–Crippen MR) is 126 cm³/mol. The summed E-state index contributed by atoms with van der Waals surface area (Å²) in [6.45, 7) is 1.76. The summed E-state index contributed by atoms with van der Waals surface area (Å²) >= 11 is 0. The number of carboxylic acids is 3. The zero-order chi connectivity index (χ0) is 26.9. The quantitative estimate of drug-likeness (QED) is 0.172. The molecule has 1 aliphatic rings. The first-order chi connectivity index (χ1) is 16.9. The molecule has 0 amide bonds. The largest absolute Gasteiger partial charge is 2.00 e.